The molecule has 0 aliphatic carbocycles. The van der Waals surface area contributed by atoms with E-state index >= 15 is 0 Å². The van der Waals surface area contributed by atoms with Crippen LogP contribution in [-0.2, 0) is 13.6 Å². The van der Waals surface area contributed by atoms with E-state index in [0.29, 0.717) is 0 Å². The van der Waals surface area contributed by atoms with Crippen molar-refractivity contribution >= 4 is 21.6 Å². The number of benzene rings is 1. The summed E-state index contributed by atoms with van der Waals surface area (Å²) in [4.78, 5) is 0. The molecule has 0 spiro atoms. The third kappa shape index (κ3) is 2.44. The molecule has 0 atom stereocenters. The highest BCUT2D eigenvalue weighted by Gasteiger charge is 2.02. The topological polar surface area (TPSA) is 29.9 Å². The van der Waals surface area contributed by atoms with Crippen molar-refractivity contribution in [1.82, 2.24) is 9.78 Å². The molecule has 0 bridgehead atoms. The van der Waals surface area contributed by atoms with Crippen LogP contribution in [-0.4, -0.2) is 9.78 Å². The quantitative estimate of drug-likeness (QED) is 0.936. The fraction of sp³-hybridized carbons (Fsp3) is 0.250. The van der Waals surface area contributed by atoms with Crippen molar-refractivity contribution in [2.24, 2.45) is 7.05 Å². The van der Waals surface area contributed by atoms with Gasteiger partial charge >= 0.3 is 0 Å². The van der Waals surface area contributed by atoms with Crippen LogP contribution in [0.1, 0.15) is 11.1 Å². The SMILES string of the molecule is Cc1cccc(NCc2cnn(C)c2)c1Br. The van der Waals surface area contributed by atoms with Crippen LogP contribution in [0.4, 0.5) is 5.69 Å². The normalized spacial score (nSPS) is 10.4. The fourth-order valence-corrected chi connectivity index (χ4v) is 1.95. The Morgan fingerprint density at radius 2 is 2.25 bits per heavy atom. The summed E-state index contributed by atoms with van der Waals surface area (Å²) >= 11 is 3.58. The van der Waals surface area contributed by atoms with Gasteiger partial charge < -0.3 is 5.32 Å². The molecule has 4 heteroatoms. The smallest absolute Gasteiger partial charge is 0.0539 e. The third-order valence-electron chi connectivity index (χ3n) is 2.43. The molecular formula is C12H14BrN3. The molecule has 16 heavy (non-hydrogen) atoms. The molecule has 0 aliphatic heterocycles. The van der Waals surface area contributed by atoms with Crippen molar-refractivity contribution in [2.45, 2.75) is 13.5 Å². The Morgan fingerprint density at radius 3 is 2.94 bits per heavy atom. The zero-order valence-electron chi connectivity index (χ0n) is 9.37. The number of hydrogen-bond donors (Lipinski definition) is 1. The van der Waals surface area contributed by atoms with Crippen molar-refractivity contribution in [1.29, 1.82) is 0 Å². The molecule has 0 aliphatic rings. The minimum Gasteiger partial charge on any atom is -0.380 e. The molecule has 2 aromatic rings. The number of nitrogens with zero attached hydrogens (tertiary/aromatic N) is 2. The van der Waals surface area contributed by atoms with E-state index in [0.717, 1.165) is 16.7 Å². The van der Waals surface area contributed by atoms with Gasteiger partial charge in [0.15, 0.2) is 0 Å². The van der Waals surface area contributed by atoms with Gasteiger partial charge in [0.05, 0.1) is 6.20 Å². The predicted molar refractivity (Wildman–Crippen MR) is 69.4 cm³/mol. The number of rotatable bonds is 3. The molecule has 0 radical (unpaired) electrons. The molecule has 3 nitrogen and oxygen atoms in total. The standard InChI is InChI=1S/C12H14BrN3/c1-9-4-3-5-11(12(9)13)14-6-10-7-15-16(2)8-10/h3-5,7-8,14H,6H2,1-2H3. The number of aromatic nitrogens is 2. The van der Waals surface area contributed by atoms with Crippen molar-refractivity contribution in [2.75, 3.05) is 5.32 Å². The first-order valence-electron chi connectivity index (χ1n) is 5.13. The highest BCUT2D eigenvalue weighted by atomic mass is 79.9. The van der Waals surface area contributed by atoms with Gasteiger partial charge in [-0.15, -0.1) is 0 Å². The van der Waals surface area contributed by atoms with Crippen LogP contribution in [0.25, 0.3) is 0 Å². The van der Waals surface area contributed by atoms with E-state index in [9.17, 15) is 0 Å². The van der Waals surface area contributed by atoms with Gasteiger partial charge in [-0.2, -0.15) is 5.10 Å². The Hall–Kier alpha value is -1.29. The predicted octanol–water partition coefficient (Wildman–Crippen LogP) is 3.10. The van der Waals surface area contributed by atoms with Gasteiger partial charge in [0, 0.05) is 35.5 Å². The largest absolute Gasteiger partial charge is 0.380 e. The van der Waals surface area contributed by atoms with Crippen LogP contribution in [0, 0.1) is 6.92 Å². The number of anilines is 1. The minimum atomic E-state index is 0.788. The Balaban J connectivity index is 2.07. The van der Waals surface area contributed by atoms with Gasteiger partial charge in [-0.05, 0) is 34.5 Å². The van der Waals surface area contributed by atoms with Gasteiger partial charge in [-0.1, -0.05) is 12.1 Å². The monoisotopic (exact) mass is 279 g/mol. The van der Waals surface area contributed by atoms with Crippen molar-refractivity contribution < 1.29 is 0 Å². The lowest BCUT2D eigenvalue weighted by molar-refractivity contribution is 0.767. The van der Waals surface area contributed by atoms with E-state index in [1.807, 2.05) is 30.2 Å². The minimum absolute atomic E-state index is 0.788. The van der Waals surface area contributed by atoms with E-state index in [-0.39, 0.29) is 0 Å². The van der Waals surface area contributed by atoms with Crippen molar-refractivity contribution in [3.8, 4) is 0 Å². The second kappa shape index (κ2) is 4.70. The average molecular weight is 280 g/mol. The van der Waals surface area contributed by atoms with Crippen LogP contribution in [0.3, 0.4) is 0 Å². The lowest BCUT2D eigenvalue weighted by atomic mass is 10.2. The molecule has 0 fully saturated rings. The van der Waals surface area contributed by atoms with E-state index in [1.54, 1.807) is 0 Å². The van der Waals surface area contributed by atoms with Gasteiger partial charge in [0.2, 0.25) is 0 Å². The van der Waals surface area contributed by atoms with Crippen LogP contribution >= 0.6 is 15.9 Å². The summed E-state index contributed by atoms with van der Waals surface area (Å²) in [6, 6.07) is 6.19. The summed E-state index contributed by atoms with van der Waals surface area (Å²) in [7, 11) is 1.92. The number of aryl methyl sites for hydroxylation is 2. The molecule has 0 unspecified atom stereocenters. The highest BCUT2D eigenvalue weighted by molar-refractivity contribution is 9.10. The molecule has 84 valence electrons. The molecule has 2 rings (SSSR count). The average Bonchev–Trinajstić information content (AvgIpc) is 2.67. The molecule has 1 aromatic carbocycles. The first-order valence-corrected chi connectivity index (χ1v) is 5.92. The van der Waals surface area contributed by atoms with E-state index < -0.39 is 0 Å². The third-order valence-corrected chi connectivity index (χ3v) is 3.49. The van der Waals surface area contributed by atoms with Gasteiger partial charge in [0.1, 0.15) is 0 Å². The lowest BCUT2D eigenvalue weighted by Crippen LogP contribution is -1.99. The van der Waals surface area contributed by atoms with Gasteiger partial charge in [-0.25, -0.2) is 0 Å². The van der Waals surface area contributed by atoms with Crippen LogP contribution < -0.4 is 5.32 Å². The van der Waals surface area contributed by atoms with Gasteiger partial charge in [0.25, 0.3) is 0 Å². The van der Waals surface area contributed by atoms with Crippen molar-refractivity contribution in [3.63, 3.8) is 0 Å². The fourth-order valence-electron chi connectivity index (χ4n) is 1.54. The summed E-state index contributed by atoms with van der Waals surface area (Å²) in [5, 5.41) is 7.52. The Bertz CT molecular complexity index is 491. The molecule has 1 N–H and O–H groups in total. The summed E-state index contributed by atoms with van der Waals surface area (Å²) in [6.45, 7) is 2.87. The summed E-state index contributed by atoms with van der Waals surface area (Å²) in [5.74, 6) is 0. The molecule has 0 saturated carbocycles. The zero-order chi connectivity index (χ0) is 11.5. The molecule has 1 heterocycles. The molecular weight excluding hydrogens is 266 g/mol. The molecule has 1 aromatic heterocycles. The number of halogens is 1. The first-order chi connectivity index (χ1) is 7.66. The van der Waals surface area contributed by atoms with Crippen LogP contribution in [0.15, 0.2) is 35.1 Å². The maximum absolute atomic E-state index is 4.13. The number of nitrogens with one attached hydrogen (secondary N) is 1. The highest BCUT2D eigenvalue weighted by Crippen LogP contribution is 2.25. The maximum atomic E-state index is 4.13. The van der Waals surface area contributed by atoms with Crippen molar-refractivity contribution in [3.05, 3.63) is 46.2 Å². The van der Waals surface area contributed by atoms with E-state index in [2.05, 4.69) is 45.4 Å². The summed E-state index contributed by atoms with van der Waals surface area (Å²) < 4.78 is 2.93. The second-order valence-corrected chi connectivity index (χ2v) is 4.61. The van der Waals surface area contributed by atoms with Gasteiger partial charge in [-0.3, -0.25) is 4.68 Å². The molecule has 0 amide bonds. The molecule has 0 saturated heterocycles. The lowest BCUT2D eigenvalue weighted by Gasteiger charge is -2.08. The Kier molecular flexibility index (Phi) is 3.29. The zero-order valence-corrected chi connectivity index (χ0v) is 11.0. The van der Waals surface area contributed by atoms with Crippen LogP contribution in [0.2, 0.25) is 0 Å². The van der Waals surface area contributed by atoms with E-state index in [4.69, 9.17) is 0 Å². The second-order valence-electron chi connectivity index (χ2n) is 3.81. The van der Waals surface area contributed by atoms with E-state index in [1.165, 1.54) is 11.1 Å². The number of hydrogen-bond acceptors (Lipinski definition) is 2. The first kappa shape index (κ1) is 11.2. The Labute approximate surface area is 104 Å². The summed E-state index contributed by atoms with van der Waals surface area (Å²) in [6.07, 6.45) is 3.88. The summed E-state index contributed by atoms with van der Waals surface area (Å²) in [5.41, 5.74) is 3.52. The van der Waals surface area contributed by atoms with Crippen LogP contribution in [0.5, 0.6) is 0 Å². The Morgan fingerprint density at radius 1 is 1.44 bits per heavy atom. The maximum Gasteiger partial charge on any atom is 0.0539 e.